The fourth-order valence-electron chi connectivity index (χ4n) is 2.71. The molecule has 4 rings (SSSR count). The number of nitrogens with zero attached hydrogens (tertiary/aromatic N) is 2. The number of rotatable bonds is 3. The van der Waals surface area contributed by atoms with Crippen LogP contribution in [0.1, 0.15) is 11.3 Å². The lowest BCUT2D eigenvalue weighted by atomic mass is 10.2. The van der Waals surface area contributed by atoms with Crippen molar-refractivity contribution < 1.29 is 13.9 Å². The minimum Gasteiger partial charge on any atom is -0.491 e. The Labute approximate surface area is 143 Å². The molecule has 0 saturated carbocycles. The Morgan fingerprint density at radius 1 is 1.29 bits per heavy atom. The van der Waals surface area contributed by atoms with Gasteiger partial charge in [0.25, 0.3) is 0 Å². The van der Waals surface area contributed by atoms with Gasteiger partial charge in [0.05, 0.1) is 24.9 Å². The van der Waals surface area contributed by atoms with Gasteiger partial charge in [0.1, 0.15) is 23.6 Å². The van der Waals surface area contributed by atoms with Crippen LogP contribution in [0.25, 0.3) is 10.6 Å². The van der Waals surface area contributed by atoms with Crippen molar-refractivity contribution in [1.82, 2.24) is 9.88 Å². The SMILES string of the molecule is O=C(Cc1csc(-c2ccoc2)n1)N1CCOc2ccccc2C1. The molecule has 0 saturated heterocycles. The minimum atomic E-state index is 0.0688. The van der Waals surface area contributed by atoms with Crippen LogP contribution in [0.4, 0.5) is 0 Å². The number of hydrogen-bond acceptors (Lipinski definition) is 5. The first kappa shape index (κ1) is 15.0. The maximum Gasteiger partial charge on any atom is 0.229 e. The molecule has 1 amide bonds. The zero-order chi connectivity index (χ0) is 16.4. The van der Waals surface area contributed by atoms with Gasteiger partial charge in [-0.05, 0) is 12.1 Å². The van der Waals surface area contributed by atoms with Crippen molar-refractivity contribution in [3.8, 4) is 16.3 Å². The van der Waals surface area contributed by atoms with Gasteiger partial charge in [-0.25, -0.2) is 4.98 Å². The summed E-state index contributed by atoms with van der Waals surface area (Å²) in [5.74, 6) is 0.933. The van der Waals surface area contributed by atoms with Crippen LogP contribution >= 0.6 is 11.3 Å². The second-order valence-corrected chi connectivity index (χ2v) is 6.46. The molecule has 0 aliphatic carbocycles. The molecule has 0 bridgehead atoms. The molecule has 5 nitrogen and oxygen atoms in total. The Kier molecular flexibility index (Phi) is 4.04. The number of benzene rings is 1. The molecule has 0 radical (unpaired) electrons. The highest BCUT2D eigenvalue weighted by Gasteiger charge is 2.20. The summed E-state index contributed by atoms with van der Waals surface area (Å²) < 4.78 is 10.8. The van der Waals surface area contributed by atoms with E-state index in [9.17, 15) is 4.79 Å². The Bertz CT molecular complexity index is 842. The molecule has 6 heteroatoms. The van der Waals surface area contributed by atoms with Gasteiger partial charge in [-0.3, -0.25) is 4.79 Å². The first-order chi connectivity index (χ1) is 11.8. The van der Waals surface area contributed by atoms with Crippen LogP contribution in [-0.4, -0.2) is 28.9 Å². The summed E-state index contributed by atoms with van der Waals surface area (Å²) in [4.78, 5) is 19.0. The van der Waals surface area contributed by atoms with E-state index in [-0.39, 0.29) is 5.91 Å². The molecule has 0 N–H and O–H groups in total. The largest absolute Gasteiger partial charge is 0.491 e. The average Bonchev–Trinajstić information content (AvgIpc) is 3.22. The highest BCUT2D eigenvalue weighted by atomic mass is 32.1. The summed E-state index contributed by atoms with van der Waals surface area (Å²) >= 11 is 1.52. The fraction of sp³-hybridized carbons (Fsp3) is 0.222. The topological polar surface area (TPSA) is 55.6 Å². The number of fused-ring (bicyclic) bond motifs is 1. The summed E-state index contributed by atoms with van der Waals surface area (Å²) in [5, 5.41) is 2.80. The first-order valence-electron chi connectivity index (χ1n) is 7.75. The molecule has 3 aromatic rings. The number of furan rings is 1. The molecular weight excluding hydrogens is 324 g/mol. The van der Waals surface area contributed by atoms with E-state index in [1.807, 2.05) is 40.6 Å². The molecule has 0 atom stereocenters. The summed E-state index contributed by atoms with van der Waals surface area (Å²) in [6, 6.07) is 9.73. The first-order valence-corrected chi connectivity index (χ1v) is 8.63. The van der Waals surface area contributed by atoms with E-state index in [4.69, 9.17) is 9.15 Å². The summed E-state index contributed by atoms with van der Waals surface area (Å²) in [6.45, 7) is 1.68. The molecule has 1 aliphatic heterocycles. The maximum atomic E-state index is 12.6. The number of carbonyl (C=O) groups is 1. The van der Waals surface area contributed by atoms with Crippen molar-refractivity contribution in [3.63, 3.8) is 0 Å². The third kappa shape index (κ3) is 3.05. The smallest absolute Gasteiger partial charge is 0.229 e. The van der Waals surface area contributed by atoms with Gasteiger partial charge >= 0.3 is 0 Å². The number of carbonyl (C=O) groups excluding carboxylic acids is 1. The number of hydrogen-bond donors (Lipinski definition) is 0. The monoisotopic (exact) mass is 340 g/mol. The van der Waals surface area contributed by atoms with Gasteiger partial charge in [0.15, 0.2) is 0 Å². The van der Waals surface area contributed by atoms with Gasteiger partial charge in [0.2, 0.25) is 5.91 Å². The Morgan fingerprint density at radius 2 is 2.21 bits per heavy atom. The van der Waals surface area contributed by atoms with E-state index in [2.05, 4.69) is 4.98 Å². The van der Waals surface area contributed by atoms with Crippen molar-refractivity contribution in [2.75, 3.05) is 13.2 Å². The van der Waals surface area contributed by atoms with Gasteiger partial charge in [0, 0.05) is 23.1 Å². The zero-order valence-corrected chi connectivity index (χ0v) is 13.8. The van der Waals surface area contributed by atoms with E-state index in [0.717, 1.165) is 27.6 Å². The Balaban J connectivity index is 1.46. The number of thiazole rings is 1. The number of amides is 1. The molecule has 0 fully saturated rings. The molecule has 1 aliphatic rings. The van der Waals surface area contributed by atoms with Crippen LogP contribution in [0.2, 0.25) is 0 Å². The van der Waals surface area contributed by atoms with Crippen molar-refractivity contribution in [2.24, 2.45) is 0 Å². The highest BCUT2D eigenvalue weighted by Crippen LogP contribution is 2.25. The number of ether oxygens (including phenoxy) is 1. The molecule has 24 heavy (non-hydrogen) atoms. The summed E-state index contributed by atoms with van der Waals surface area (Å²) in [5.41, 5.74) is 2.77. The van der Waals surface area contributed by atoms with Gasteiger partial charge in [-0.1, -0.05) is 18.2 Å². The highest BCUT2D eigenvalue weighted by molar-refractivity contribution is 7.13. The predicted molar refractivity (Wildman–Crippen MR) is 90.9 cm³/mol. The van der Waals surface area contributed by atoms with Crippen LogP contribution in [-0.2, 0) is 17.8 Å². The lowest BCUT2D eigenvalue weighted by Gasteiger charge is -2.19. The van der Waals surface area contributed by atoms with E-state index < -0.39 is 0 Å². The Morgan fingerprint density at radius 3 is 3.08 bits per heavy atom. The minimum absolute atomic E-state index is 0.0688. The normalized spacial score (nSPS) is 13.9. The quantitative estimate of drug-likeness (QED) is 0.733. The van der Waals surface area contributed by atoms with E-state index >= 15 is 0 Å². The van der Waals surface area contributed by atoms with E-state index in [1.165, 1.54) is 11.3 Å². The molecule has 0 spiro atoms. The lowest BCUT2D eigenvalue weighted by molar-refractivity contribution is -0.131. The lowest BCUT2D eigenvalue weighted by Crippen LogP contribution is -2.33. The Hall–Kier alpha value is -2.60. The fourth-order valence-corrected chi connectivity index (χ4v) is 3.52. The molecular formula is C18H16N2O3S. The average molecular weight is 340 g/mol. The molecule has 2 aromatic heterocycles. The van der Waals surface area contributed by atoms with E-state index in [0.29, 0.717) is 26.1 Å². The van der Waals surface area contributed by atoms with Crippen molar-refractivity contribution in [3.05, 3.63) is 59.5 Å². The molecule has 122 valence electrons. The number of para-hydroxylation sites is 1. The van der Waals surface area contributed by atoms with Crippen LogP contribution < -0.4 is 4.74 Å². The van der Waals surface area contributed by atoms with Gasteiger partial charge in [-0.2, -0.15) is 0 Å². The summed E-state index contributed by atoms with van der Waals surface area (Å²) in [6.07, 6.45) is 3.58. The zero-order valence-electron chi connectivity index (χ0n) is 13.0. The van der Waals surface area contributed by atoms with Gasteiger partial charge in [-0.15, -0.1) is 11.3 Å². The molecule has 1 aromatic carbocycles. The van der Waals surface area contributed by atoms with Crippen LogP contribution in [0.5, 0.6) is 5.75 Å². The van der Waals surface area contributed by atoms with Gasteiger partial charge < -0.3 is 14.1 Å². The standard InChI is InChI=1S/C18H16N2O3S/c21-17(9-15-12-24-18(19-15)14-5-7-22-11-14)20-6-8-23-16-4-2-1-3-13(16)10-20/h1-5,7,11-12H,6,8-10H2. The van der Waals surface area contributed by atoms with E-state index in [1.54, 1.807) is 12.5 Å². The summed E-state index contributed by atoms with van der Waals surface area (Å²) in [7, 11) is 0. The second kappa shape index (κ2) is 6.49. The maximum absolute atomic E-state index is 12.6. The molecule has 3 heterocycles. The molecule has 0 unspecified atom stereocenters. The van der Waals surface area contributed by atoms with Crippen LogP contribution in [0.15, 0.2) is 52.7 Å². The second-order valence-electron chi connectivity index (χ2n) is 5.60. The van der Waals surface area contributed by atoms with Crippen LogP contribution in [0.3, 0.4) is 0 Å². The third-order valence-corrected chi connectivity index (χ3v) is 4.90. The van der Waals surface area contributed by atoms with Crippen molar-refractivity contribution in [1.29, 1.82) is 0 Å². The number of aromatic nitrogens is 1. The van der Waals surface area contributed by atoms with Crippen molar-refractivity contribution in [2.45, 2.75) is 13.0 Å². The van der Waals surface area contributed by atoms with Crippen LogP contribution in [0, 0.1) is 0 Å². The third-order valence-electron chi connectivity index (χ3n) is 3.96. The predicted octanol–water partition coefficient (Wildman–Crippen LogP) is 3.37. The van der Waals surface area contributed by atoms with Crippen molar-refractivity contribution >= 4 is 17.2 Å².